The normalized spacial score (nSPS) is 10.8. The van der Waals surface area contributed by atoms with E-state index in [-0.39, 0.29) is 11.8 Å². The molecule has 32 heavy (non-hydrogen) atoms. The van der Waals surface area contributed by atoms with Gasteiger partial charge in [-0.2, -0.15) is 0 Å². The Bertz CT molecular complexity index is 1270. The highest BCUT2D eigenvalue weighted by molar-refractivity contribution is 6.35. The second-order valence-electron chi connectivity index (χ2n) is 7.53. The molecular formula is C24H22ClN5O2. The van der Waals surface area contributed by atoms with Crippen LogP contribution in [0, 0.1) is 0 Å². The van der Waals surface area contributed by atoms with Crippen molar-refractivity contribution in [3.63, 3.8) is 0 Å². The van der Waals surface area contributed by atoms with Gasteiger partial charge in [0, 0.05) is 55.6 Å². The van der Waals surface area contributed by atoms with Crippen molar-refractivity contribution in [1.82, 2.24) is 25.6 Å². The van der Waals surface area contributed by atoms with Crippen LogP contribution in [0.2, 0.25) is 5.02 Å². The van der Waals surface area contributed by atoms with E-state index >= 15 is 0 Å². The Morgan fingerprint density at radius 2 is 1.81 bits per heavy atom. The summed E-state index contributed by atoms with van der Waals surface area (Å²) in [5, 5.41) is 7.24. The van der Waals surface area contributed by atoms with Gasteiger partial charge in [0.05, 0.1) is 22.8 Å². The topological polar surface area (TPSA) is 99.8 Å². The molecule has 0 unspecified atom stereocenters. The highest BCUT2D eigenvalue weighted by Gasteiger charge is 2.09. The lowest BCUT2D eigenvalue weighted by Gasteiger charge is -2.08. The molecule has 0 saturated heterocycles. The number of benzene rings is 1. The SMILES string of the molecule is CC(=O)NCc1ccc(Cc2cncc(C(=O)NCc3ccc4[nH]cc(Cl)c4c3)c2)cn1. The van der Waals surface area contributed by atoms with Crippen molar-refractivity contribution in [3.05, 3.63) is 94.2 Å². The van der Waals surface area contributed by atoms with Gasteiger partial charge in [0.1, 0.15) is 0 Å². The minimum absolute atomic E-state index is 0.0918. The Labute approximate surface area is 190 Å². The maximum absolute atomic E-state index is 12.6. The predicted molar refractivity (Wildman–Crippen MR) is 123 cm³/mol. The lowest BCUT2D eigenvalue weighted by atomic mass is 10.1. The number of halogens is 1. The maximum atomic E-state index is 12.6. The molecule has 0 fully saturated rings. The molecule has 0 bridgehead atoms. The van der Waals surface area contributed by atoms with Crippen molar-refractivity contribution in [2.24, 2.45) is 0 Å². The highest BCUT2D eigenvalue weighted by atomic mass is 35.5. The van der Waals surface area contributed by atoms with Crippen molar-refractivity contribution in [2.75, 3.05) is 0 Å². The lowest BCUT2D eigenvalue weighted by molar-refractivity contribution is -0.119. The van der Waals surface area contributed by atoms with Crippen LogP contribution in [-0.4, -0.2) is 26.8 Å². The number of carbonyl (C=O) groups excluding carboxylic acids is 2. The van der Waals surface area contributed by atoms with Gasteiger partial charge >= 0.3 is 0 Å². The summed E-state index contributed by atoms with van der Waals surface area (Å²) in [5.41, 5.74) is 5.11. The van der Waals surface area contributed by atoms with Gasteiger partial charge in [0.15, 0.2) is 0 Å². The summed E-state index contributed by atoms with van der Waals surface area (Å²) in [7, 11) is 0. The van der Waals surface area contributed by atoms with E-state index in [0.29, 0.717) is 30.1 Å². The van der Waals surface area contributed by atoms with Crippen LogP contribution in [0.25, 0.3) is 10.9 Å². The number of pyridine rings is 2. The second kappa shape index (κ2) is 9.62. The zero-order chi connectivity index (χ0) is 22.5. The molecule has 4 rings (SSSR count). The van der Waals surface area contributed by atoms with Gasteiger partial charge in [-0.05, 0) is 41.0 Å². The third-order valence-corrected chi connectivity index (χ3v) is 5.33. The molecule has 2 amide bonds. The Morgan fingerprint density at radius 1 is 0.969 bits per heavy atom. The van der Waals surface area contributed by atoms with Gasteiger partial charge in [-0.15, -0.1) is 0 Å². The minimum atomic E-state index is -0.191. The first kappa shape index (κ1) is 21.5. The number of nitrogens with zero attached hydrogens (tertiary/aromatic N) is 2. The maximum Gasteiger partial charge on any atom is 0.253 e. The highest BCUT2D eigenvalue weighted by Crippen LogP contribution is 2.23. The summed E-state index contributed by atoms with van der Waals surface area (Å²) in [6, 6.07) is 11.5. The average Bonchev–Trinajstić information content (AvgIpc) is 3.17. The van der Waals surface area contributed by atoms with E-state index in [2.05, 4.69) is 25.6 Å². The molecule has 0 aliphatic heterocycles. The zero-order valence-corrected chi connectivity index (χ0v) is 18.2. The predicted octanol–water partition coefficient (Wildman–Crippen LogP) is 3.77. The molecule has 0 saturated carbocycles. The van der Waals surface area contributed by atoms with E-state index < -0.39 is 0 Å². The summed E-state index contributed by atoms with van der Waals surface area (Å²) in [6.07, 6.45) is 7.41. The standard InChI is InChI=1S/C24H22ClN5O2/c1-15(31)27-13-20-4-2-16(10-28-20)6-18-7-19(12-26-9-18)24(32)30-11-17-3-5-23-21(8-17)22(25)14-29-23/h2-5,7-10,12,14,29H,6,11,13H2,1H3,(H,27,31)(H,30,32). The molecule has 0 atom stereocenters. The molecular weight excluding hydrogens is 426 g/mol. The molecule has 0 radical (unpaired) electrons. The molecule has 3 heterocycles. The Hall–Kier alpha value is -3.71. The molecule has 0 spiro atoms. The third kappa shape index (κ3) is 5.31. The van der Waals surface area contributed by atoms with E-state index in [9.17, 15) is 9.59 Å². The number of rotatable bonds is 7. The fourth-order valence-corrected chi connectivity index (χ4v) is 3.56. The van der Waals surface area contributed by atoms with Gasteiger partial charge < -0.3 is 15.6 Å². The lowest BCUT2D eigenvalue weighted by Crippen LogP contribution is -2.23. The molecule has 4 aromatic rings. The molecule has 162 valence electrons. The van der Waals surface area contributed by atoms with Crippen molar-refractivity contribution in [2.45, 2.75) is 26.4 Å². The van der Waals surface area contributed by atoms with Crippen LogP contribution < -0.4 is 10.6 Å². The van der Waals surface area contributed by atoms with Gasteiger partial charge in [-0.3, -0.25) is 19.6 Å². The van der Waals surface area contributed by atoms with Crippen LogP contribution in [0.3, 0.4) is 0 Å². The van der Waals surface area contributed by atoms with E-state index in [1.807, 2.05) is 36.4 Å². The number of H-pyrrole nitrogens is 1. The average molecular weight is 448 g/mol. The van der Waals surface area contributed by atoms with Crippen molar-refractivity contribution in [1.29, 1.82) is 0 Å². The summed E-state index contributed by atoms with van der Waals surface area (Å²) < 4.78 is 0. The second-order valence-corrected chi connectivity index (χ2v) is 7.93. The number of nitrogens with one attached hydrogen (secondary N) is 3. The molecule has 0 aliphatic rings. The third-order valence-electron chi connectivity index (χ3n) is 5.02. The van der Waals surface area contributed by atoms with Gasteiger partial charge in [-0.25, -0.2) is 0 Å². The number of hydrogen-bond donors (Lipinski definition) is 3. The van der Waals surface area contributed by atoms with Crippen LogP contribution in [0.5, 0.6) is 0 Å². The summed E-state index contributed by atoms with van der Waals surface area (Å²) in [4.78, 5) is 35.3. The largest absolute Gasteiger partial charge is 0.360 e. The van der Waals surface area contributed by atoms with Crippen LogP contribution in [0.4, 0.5) is 0 Å². The molecule has 7 nitrogen and oxygen atoms in total. The number of fused-ring (bicyclic) bond motifs is 1. The van der Waals surface area contributed by atoms with E-state index in [1.54, 1.807) is 24.8 Å². The Morgan fingerprint density at radius 3 is 2.59 bits per heavy atom. The van der Waals surface area contributed by atoms with E-state index in [4.69, 9.17) is 11.6 Å². The van der Waals surface area contributed by atoms with Crippen LogP contribution in [-0.2, 0) is 24.3 Å². The van der Waals surface area contributed by atoms with Gasteiger partial charge in [-0.1, -0.05) is 23.7 Å². The Kier molecular flexibility index (Phi) is 6.47. The molecule has 1 aromatic carbocycles. The van der Waals surface area contributed by atoms with Gasteiger partial charge in [0.2, 0.25) is 5.91 Å². The first-order valence-corrected chi connectivity index (χ1v) is 10.5. The smallest absolute Gasteiger partial charge is 0.253 e. The van der Waals surface area contributed by atoms with Crippen LogP contribution in [0.1, 0.15) is 39.7 Å². The van der Waals surface area contributed by atoms with Crippen LogP contribution in [0.15, 0.2) is 61.2 Å². The van der Waals surface area contributed by atoms with Crippen molar-refractivity contribution in [3.8, 4) is 0 Å². The number of amides is 2. The van der Waals surface area contributed by atoms with E-state index in [0.717, 1.165) is 33.3 Å². The number of aromatic amines is 1. The van der Waals surface area contributed by atoms with E-state index in [1.165, 1.54) is 6.92 Å². The van der Waals surface area contributed by atoms with Crippen LogP contribution >= 0.6 is 11.6 Å². The number of hydrogen-bond acceptors (Lipinski definition) is 4. The van der Waals surface area contributed by atoms with Crippen molar-refractivity contribution < 1.29 is 9.59 Å². The fraction of sp³-hybridized carbons (Fsp3) is 0.167. The number of aromatic nitrogens is 3. The monoisotopic (exact) mass is 447 g/mol. The molecule has 8 heteroatoms. The minimum Gasteiger partial charge on any atom is -0.360 e. The number of carbonyl (C=O) groups is 2. The first-order valence-electron chi connectivity index (χ1n) is 10.1. The first-order chi connectivity index (χ1) is 15.5. The molecule has 3 N–H and O–H groups in total. The summed E-state index contributed by atoms with van der Waals surface area (Å²) in [6.45, 7) is 2.26. The molecule has 0 aliphatic carbocycles. The zero-order valence-electron chi connectivity index (χ0n) is 17.5. The quantitative estimate of drug-likeness (QED) is 0.401. The van der Waals surface area contributed by atoms with Crippen molar-refractivity contribution >= 4 is 34.3 Å². The fourth-order valence-electron chi connectivity index (χ4n) is 3.35. The molecule has 3 aromatic heterocycles. The summed E-state index contributed by atoms with van der Waals surface area (Å²) in [5.74, 6) is -0.283. The Balaban J connectivity index is 1.37. The summed E-state index contributed by atoms with van der Waals surface area (Å²) >= 11 is 6.18. The van der Waals surface area contributed by atoms with Gasteiger partial charge in [0.25, 0.3) is 5.91 Å².